The molecular weight excluding hydrogens is 270 g/mol. The van der Waals surface area contributed by atoms with Crippen molar-refractivity contribution in [2.24, 2.45) is 14.1 Å². The first-order chi connectivity index (χ1) is 10.0. The van der Waals surface area contributed by atoms with E-state index in [1.54, 1.807) is 24.9 Å². The summed E-state index contributed by atoms with van der Waals surface area (Å²) >= 11 is 0. The molecule has 2 aromatic heterocycles. The van der Waals surface area contributed by atoms with Gasteiger partial charge in [0.25, 0.3) is 0 Å². The molecular formula is C15H15N3O3. The molecule has 0 atom stereocenters. The van der Waals surface area contributed by atoms with Crippen LogP contribution in [0.3, 0.4) is 0 Å². The number of hydrogen-bond acceptors (Lipinski definition) is 3. The van der Waals surface area contributed by atoms with Crippen molar-refractivity contribution in [2.75, 3.05) is 7.11 Å². The molecule has 1 N–H and O–H groups in total. The fraction of sp³-hybridized carbons (Fsp3) is 0.200. The Morgan fingerprint density at radius 2 is 2.10 bits per heavy atom. The molecule has 0 amide bonds. The zero-order valence-electron chi connectivity index (χ0n) is 12.0. The van der Waals surface area contributed by atoms with Crippen LogP contribution < -0.4 is 4.74 Å². The Hall–Kier alpha value is -2.76. The molecule has 3 aromatic rings. The van der Waals surface area contributed by atoms with E-state index in [-0.39, 0.29) is 5.69 Å². The molecule has 0 spiro atoms. The molecule has 0 saturated heterocycles. The van der Waals surface area contributed by atoms with Crippen LogP contribution in [0.25, 0.3) is 22.2 Å². The van der Waals surface area contributed by atoms with Gasteiger partial charge in [-0.2, -0.15) is 5.10 Å². The lowest BCUT2D eigenvalue weighted by Crippen LogP contribution is -1.99. The van der Waals surface area contributed by atoms with Crippen molar-refractivity contribution in [3.63, 3.8) is 0 Å². The van der Waals surface area contributed by atoms with Crippen molar-refractivity contribution in [3.05, 3.63) is 36.2 Å². The molecule has 3 rings (SSSR count). The van der Waals surface area contributed by atoms with Gasteiger partial charge in [0.05, 0.1) is 23.7 Å². The lowest BCUT2D eigenvalue weighted by Gasteiger charge is -2.05. The summed E-state index contributed by atoms with van der Waals surface area (Å²) < 4.78 is 9.00. The van der Waals surface area contributed by atoms with E-state index in [4.69, 9.17) is 9.84 Å². The van der Waals surface area contributed by atoms with Crippen LogP contribution in [0.2, 0.25) is 0 Å². The highest BCUT2D eigenvalue weighted by molar-refractivity contribution is 6.00. The number of hydrogen-bond donors (Lipinski definition) is 1. The highest BCUT2D eigenvalue weighted by Crippen LogP contribution is 2.36. The van der Waals surface area contributed by atoms with E-state index >= 15 is 0 Å². The maximum absolute atomic E-state index is 11.1. The fourth-order valence-electron chi connectivity index (χ4n) is 2.60. The van der Waals surface area contributed by atoms with E-state index < -0.39 is 5.97 Å². The van der Waals surface area contributed by atoms with Gasteiger partial charge in [0.2, 0.25) is 0 Å². The van der Waals surface area contributed by atoms with Crippen LogP contribution >= 0.6 is 0 Å². The van der Waals surface area contributed by atoms with E-state index in [1.165, 1.54) is 0 Å². The van der Waals surface area contributed by atoms with Crippen molar-refractivity contribution in [1.29, 1.82) is 0 Å². The molecule has 6 nitrogen and oxygen atoms in total. The number of benzene rings is 1. The fourth-order valence-corrected chi connectivity index (χ4v) is 2.60. The molecule has 21 heavy (non-hydrogen) atoms. The minimum Gasteiger partial charge on any atom is -0.496 e. The molecule has 0 bridgehead atoms. The van der Waals surface area contributed by atoms with Crippen LogP contribution in [0.15, 0.2) is 30.5 Å². The highest BCUT2D eigenvalue weighted by Gasteiger charge is 2.18. The summed E-state index contributed by atoms with van der Waals surface area (Å²) in [5.74, 6) is -0.287. The number of methoxy groups -OCH3 is 1. The average molecular weight is 285 g/mol. The molecule has 0 aliphatic heterocycles. The van der Waals surface area contributed by atoms with Crippen molar-refractivity contribution in [3.8, 4) is 17.0 Å². The number of carboxylic acid groups (broad SMARTS) is 1. The Morgan fingerprint density at radius 3 is 2.71 bits per heavy atom. The number of carbonyl (C=O) groups is 1. The second-order valence-electron chi connectivity index (χ2n) is 4.85. The van der Waals surface area contributed by atoms with Gasteiger partial charge in [-0.1, -0.05) is 6.07 Å². The maximum Gasteiger partial charge on any atom is 0.356 e. The third kappa shape index (κ3) is 1.96. The SMILES string of the molecule is COc1cccc2c1c(-c1cc(C(=O)O)nn1C)cn2C. The summed E-state index contributed by atoms with van der Waals surface area (Å²) in [6.07, 6.45) is 1.95. The van der Waals surface area contributed by atoms with Gasteiger partial charge in [-0.15, -0.1) is 0 Å². The third-order valence-corrected chi connectivity index (χ3v) is 3.57. The quantitative estimate of drug-likeness (QED) is 0.801. The standard InChI is InChI=1S/C15H15N3O3/c1-17-8-9(12-7-10(15(19)20)16-18(12)2)14-11(17)5-4-6-13(14)21-3/h4-8H,1-3H3,(H,19,20). The first-order valence-electron chi connectivity index (χ1n) is 6.42. The zero-order chi connectivity index (χ0) is 15.1. The van der Waals surface area contributed by atoms with Crippen LogP contribution in [0.1, 0.15) is 10.5 Å². The number of carboxylic acids is 1. The molecule has 108 valence electrons. The van der Waals surface area contributed by atoms with Crippen molar-refractivity contribution < 1.29 is 14.6 Å². The Kier molecular flexibility index (Phi) is 2.94. The second-order valence-corrected chi connectivity index (χ2v) is 4.85. The van der Waals surface area contributed by atoms with Gasteiger partial charge in [-0.25, -0.2) is 4.79 Å². The number of aromatic carboxylic acids is 1. The normalized spacial score (nSPS) is 11.0. The van der Waals surface area contributed by atoms with Gasteiger partial charge >= 0.3 is 5.97 Å². The van der Waals surface area contributed by atoms with Gasteiger partial charge in [0.1, 0.15) is 5.75 Å². The summed E-state index contributed by atoms with van der Waals surface area (Å²) in [4.78, 5) is 11.1. The summed E-state index contributed by atoms with van der Waals surface area (Å²) in [7, 11) is 5.30. The van der Waals surface area contributed by atoms with E-state index in [0.717, 1.165) is 27.9 Å². The van der Waals surface area contributed by atoms with Gasteiger partial charge < -0.3 is 14.4 Å². The zero-order valence-corrected chi connectivity index (χ0v) is 12.0. The van der Waals surface area contributed by atoms with Gasteiger partial charge in [0, 0.05) is 25.9 Å². The smallest absolute Gasteiger partial charge is 0.356 e. The lowest BCUT2D eigenvalue weighted by atomic mass is 10.1. The average Bonchev–Trinajstić information content (AvgIpc) is 3.00. The molecule has 0 saturated carbocycles. The van der Waals surface area contributed by atoms with Crippen molar-refractivity contribution in [1.82, 2.24) is 14.3 Å². The van der Waals surface area contributed by atoms with Crippen LogP contribution in [-0.4, -0.2) is 32.5 Å². The van der Waals surface area contributed by atoms with E-state index in [2.05, 4.69) is 5.10 Å². The second kappa shape index (κ2) is 4.66. The third-order valence-electron chi connectivity index (χ3n) is 3.57. The number of rotatable bonds is 3. The van der Waals surface area contributed by atoms with Crippen molar-refractivity contribution in [2.45, 2.75) is 0 Å². The lowest BCUT2D eigenvalue weighted by molar-refractivity contribution is 0.0689. The molecule has 0 unspecified atom stereocenters. The Morgan fingerprint density at radius 1 is 1.33 bits per heavy atom. The molecule has 6 heteroatoms. The minimum atomic E-state index is -1.04. The number of fused-ring (bicyclic) bond motifs is 1. The van der Waals surface area contributed by atoms with Gasteiger partial charge in [-0.3, -0.25) is 4.68 Å². The highest BCUT2D eigenvalue weighted by atomic mass is 16.5. The minimum absolute atomic E-state index is 0.0272. The monoisotopic (exact) mass is 285 g/mol. The molecule has 0 aliphatic carbocycles. The Labute approximate surface area is 121 Å². The molecule has 0 aliphatic rings. The number of ether oxygens (including phenoxy) is 1. The van der Waals surface area contributed by atoms with Crippen LogP contribution in [-0.2, 0) is 14.1 Å². The molecule has 0 radical (unpaired) electrons. The van der Waals surface area contributed by atoms with E-state index in [0.29, 0.717) is 0 Å². The topological polar surface area (TPSA) is 69.3 Å². The maximum atomic E-state index is 11.1. The van der Waals surface area contributed by atoms with Crippen molar-refractivity contribution >= 4 is 16.9 Å². The first kappa shape index (κ1) is 13.2. The molecule has 1 aromatic carbocycles. The molecule has 0 fully saturated rings. The van der Waals surface area contributed by atoms with Crippen LogP contribution in [0.5, 0.6) is 5.75 Å². The van der Waals surface area contributed by atoms with Gasteiger partial charge in [-0.05, 0) is 18.2 Å². The summed E-state index contributed by atoms with van der Waals surface area (Å²) in [5, 5.41) is 14.1. The van der Waals surface area contributed by atoms with Crippen LogP contribution in [0.4, 0.5) is 0 Å². The van der Waals surface area contributed by atoms with E-state index in [9.17, 15) is 4.79 Å². The largest absolute Gasteiger partial charge is 0.496 e. The Bertz CT molecular complexity index is 845. The predicted octanol–water partition coefficient (Wildman–Crippen LogP) is 2.29. The Balaban J connectivity index is 2.33. The predicted molar refractivity (Wildman–Crippen MR) is 78.6 cm³/mol. The summed E-state index contributed by atoms with van der Waals surface area (Å²) in [6.45, 7) is 0. The summed E-state index contributed by atoms with van der Waals surface area (Å²) in [6, 6.07) is 7.39. The number of aromatic nitrogens is 3. The summed E-state index contributed by atoms with van der Waals surface area (Å²) in [5.41, 5.74) is 2.68. The number of nitrogens with zero attached hydrogens (tertiary/aromatic N) is 3. The van der Waals surface area contributed by atoms with Gasteiger partial charge in [0.15, 0.2) is 5.69 Å². The van der Waals surface area contributed by atoms with Crippen LogP contribution in [0, 0.1) is 0 Å². The number of aryl methyl sites for hydroxylation is 2. The first-order valence-corrected chi connectivity index (χ1v) is 6.42. The molecule has 2 heterocycles. The van der Waals surface area contributed by atoms with E-state index in [1.807, 2.05) is 36.0 Å².